The third-order valence-electron chi connectivity index (χ3n) is 6.21. The van der Waals surface area contributed by atoms with Gasteiger partial charge in [0.05, 0.1) is 35.1 Å². The lowest BCUT2D eigenvalue weighted by atomic mass is 9.90. The smallest absolute Gasteiger partial charge is 0.266 e. The molecule has 1 N–H and O–H groups in total. The van der Waals surface area contributed by atoms with E-state index in [-0.39, 0.29) is 17.4 Å². The quantitative estimate of drug-likeness (QED) is 0.412. The number of hydrogen-bond acceptors (Lipinski definition) is 7. The van der Waals surface area contributed by atoms with Crippen molar-refractivity contribution in [3.8, 4) is 17.2 Å². The highest BCUT2D eigenvalue weighted by molar-refractivity contribution is 9.10. The molecule has 0 radical (unpaired) electrons. The van der Waals surface area contributed by atoms with Crippen LogP contribution in [0.4, 0.5) is 11.4 Å². The number of aromatic hydroxyl groups is 1. The number of amides is 2. The van der Waals surface area contributed by atoms with Crippen molar-refractivity contribution in [2.24, 2.45) is 5.92 Å². The van der Waals surface area contributed by atoms with Crippen LogP contribution >= 0.6 is 15.9 Å². The fourth-order valence-electron chi connectivity index (χ4n) is 4.72. The fourth-order valence-corrected chi connectivity index (χ4v) is 5.18. The molecule has 0 unspecified atom stereocenters. The van der Waals surface area contributed by atoms with Gasteiger partial charge in [0.2, 0.25) is 5.91 Å². The molecule has 0 saturated carbocycles. The largest absolute Gasteiger partial charge is 0.503 e. The molecule has 186 valence electrons. The molecule has 0 spiro atoms. The number of hydroxylamine groups is 1. The second-order valence-electron chi connectivity index (χ2n) is 8.38. The van der Waals surface area contributed by atoms with E-state index < -0.39 is 24.0 Å². The van der Waals surface area contributed by atoms with E-state index in [0.29, 0.717) is 40.4 Å². The number of phenolic OH excluding ortho intramolecular Hbond substituents is 1. The Morgan fingerprint density at radius 1 is 0.917 bits per heavy atom. The van der Waals surface area contributed by atoms with Crippen molar-refractivity contribution in [1.29, 1.82) is 0 Å². The van der Waals surface area contributed by atoms with E-state index in [1.807, 2.05) is 44.2 Å². The molecule has 3 aromatic carbocycles. The van der Waals surface area contributed by atoms with Crippen LogP contribution in [0.25, 0.3) is 0 Å². The lowest BCUT2D eigenvalue weighted by Crippen LogP contribution is -2.37. The number of fused-ring (bicyclic) bond motifs is 1. The van der Waals surface area contributed by atoms with Crippen LogP contribution in [0.5, 0.6) is 17.2 Å². The summed E-state index contributed by atoms with van der Waals surface area (Å²) in [6.07, 6.45) is -1.01. The van der Waals surface area contributed by atoms with Crippen LogP contribution < -0.4 is 19.4 Å². The van der Waals surface area contributed by atoms with Crippen LogP contribution in [0.3, 0.4) is 0 Å². The number of phenols is 1. The van der Waals surface area contributed by atoms with Crippen molar-refractivity contribution in [2.75, 3.05) is 23.2 Å². The Bertz CT molecular complexity index is 1300. The fraction of sp³-hybridized carbons (Fsp3) is 0.259. The molecule has 5 rings (SSSR count). The summed E-state index contributed by atoms with van der Waals surface area (Å²) in [7, 11) is 0. The Hall–Kier alpha value is -3.56. The second kappa shape index (κ2) is 9.83. The molecular weight excluding hydrogens is 528 g/mol. The van der Waals surface area contributed by atoms with E-state index in [2.05, 4.69) is 15.9 Å². The average Bonchev–Trinajstić information content (AvgIpc) is 3.39. The SMILES string of the molecule is CCOc1cccc(N2C(=O)[C@H]3[C@H](ON(c4ccccc4)[C@H]3c3cc(Br)c(O)c(OCC)c3)C2=O)c1. The van der Waals surface area contributed by atoms with E-state index in [9.17, 15) is 14.7 Å². The van der Waals surface area contributed by atoms with E-state index in [1.165, 1.54) is 4.90 Å². The summed E-state index contributed by atoms with van der Waals surface area (Å²) in [6.45, 7) is 4.50. The molecule has 3 atom stereocenters. The summed E-state index contributed by atoms with van der Waals surface area (Å²) in [5.41, 5.74) is 1.79. The number of benzene rings is 3. The molecule has 3 aromatic rings. The number of para-hydroxylation sites is 1. The maximum atomic E-state index is 13.9. The zero-order chi connectivity index (χ0) is 25.4. The van der Waals surface area contributed by atoms with Gasteiger partial charge in [0.25, 0.3) is 5.91 Å². The molecule has 2 aliphatic heterocycles. The Morgan fingerprint density at radius 3 is 2.36 bits per heavy atom. The number of carbonyl (C=O) groups excluding carboxylic acids is 2. The minimum atomic E-state index is -1.01. The van der Waals surface area contributed by atoms with Crippen molar-refractivity contribution < 1.29 is 29.0 Å². The number of hydrogen-bond donors (Lipinski definition) is 1. The maximum absolute atomic E-state index is 13.9. The van der Waals surface area contributed by atoms with Gasteiger partial charge in [-0.3, -0.25) is 14.4 Å². The predicted octanol–water partition coefficient (Wildman–Crippen LogP) is 5.00. The van der Waals surface area contributed by atoms with Crippen molar-refractivity contribution >= 4 is 39.1 Å². The average molecular weight is 553 g/mol. The Morgan fingerprint density at radius 2 is 1.64 bits per heavy atom. The number of rotatable bonds is 7. The minimum absolute atomic E-state index is 0.0366. The van der Waals surface area contributed by atoms with Crippen LogP contribution in [-0.2, 0) is 14.4 Å². The van der Waals surface area contributed by atoms with E-state index in [1.54, 1.807) is 41.5 Å². The highest BCUT2D eigenvalue weighted by Gasteiger charge is 2.60. The Kier molecular flexibility index (Phi) is 6.59. The molecule has 2 fully saturated rings. The van der Waals surface area contributed by atoms with Gasteiger partial charge >= 0.3 is 0 Å². The predicted molar refractivity (Wildman–Crippen MR) is 137 cm³/mol. The summed E-state index contributed by atoms with van der Waals surface area (Å²) >= 11 is 3.40. The van der Waals surface area contributed by atoms with Gasteiger partial charge in [-0.15, -0.1) is 0 Å². The second-order valence-corrected chi connectivity index (χ2v) is 9.24. The number of nitrogens with zero attached hydrogens (tertiary/aromatic N) is 2. The summed E-state index contributed by atoms with van der Waals surface area (Å²) in [4.78, 5) is 34.8. The Balaban J connectivity index is 1.60. The Labute approximate surface area is 217 Å². The van der Waals surface area contributed by atoms with Gasteiger partial charge in [0, 0.05) is 6.07 Å². The molecule has 0 aromatic heterocycles. The first-order valence-corrected chi connectivity index (χ1v) is 12.5. The van der Waals surface area contributed by atoms with Gasteiger partial charge in [-0.2, -0.15) is 0 Å². The summed E-state index contributed by atoms with van der Waals surface area (Å²) in [5, 5.41) is 12.1. The molecule has 2 saturated heterocycles. The lowest BCUT2D eigenvalue weighted by molar-refractivity contribution is -0.126. The van der Waals surface area contributed by atoms with E-state index in [4.69, 9.17) is 14.3 Å². The summed E-state index contributed by atoms with van der Waals surface area (Å²) < 4.78 is 11.6. The first-order chi connectivity index (χ1) is 17.4. The van der Waals surface area contributed by atoms with Gasteiger partial charge in [-0.25, -0.2) is 9.96 Å². The number of ether oxygens (including phenoxy) is 2. The maximum Gasteiger partial charge on any atom is 0.266 e. The zero-order valence-electron chi connectivity index (χ0n) is 19.8. The zero-order valence-corrected chi connectivity index (χ0v) is 21.3. The first kappa shape index (κ1) is 24.1. The number of imide groups is 1. The molecule has 8 nitrogen and oxygen atoms in total. The van der Waals surface area contributed by atoms with E-state index >= 15 is 0 Å². The molecule has 0 bridgehead atoms. The number of anilines is 2. The minimum Gasteiger partial charge on any atom is -0.503 e. The van der Waals surface area contributed by atoms with Crippen LogP contribution in [0, 0.1) is 5.92 Å². The van der Waals surface area contributed by atoms with Crippen LogP contribution in [-0.4, -0.2) is 36.2 Å². The molecule has 9 heteroatoms. The van der Waals surface area contributed by atoms with Crippen molar-refractivity contribution in [3.05, 3.63) is 76.8 Å². The highest BCUT2D eigenvalue weighted by atomic mass is 79.9. The molecular formula is C27H25BrN2O6. The lowest BCUT2D eigenvalue weighted by Gasteiger charge is -2.29. The molecule has 2 amide bonds. The van der Waals surface area contributed by atoms with Gasteiger partial charge in [0.1, 0.15) is 11.7 Å². The standard InChI is InChI=1S/C27H25BrN2O6/c1-3-34-19-12-8-11-18(15-19)29-26(32)22-23(16-13-20(28)24(31)21(14-16)35-4-2)30(36-25(22)27(29)33)17-9-6-5-7-10-17/h5-15,22-23,25,31H,3-4H2,1-2H3/t22-,23+,25+/m1/s1. The summed E-state index contributed by atoms with van der Waals surface area (Å²) in [5.74, 6) is -0.824. The third-order valence-corrected chi connectivity index (χ3v) is 6.81. The van der Waals surface area contributed by atoms with Crippen LogP contribution in [0.1, 0.15) is 25.5 Å². The first-order valence-electron chi connectivity index (χ1n) is 11.7. The van der Waals surface area contributed by atoms with Gasteiger partial charge in [-0.1, -0.05) is 24.3 Å². The molecule has 2 heterocycles. The van der Waals surface area contributed by atoms with Crippen LogP contribution in [0.15, 0.2) is 71.2 Å². The summed E-state index contributed by atoms with van der Waals surface area (Å²) in [6, 6.07) is 19.0. The number of carbonyl (C=O) groups is 2. The van der Waals surface area contributed by atoms with Gasteiger partial charge in [0.15, 0.2) is 17.6 Å². The third kappa shape index (κ3) is 4.08. The van der Waals surface area contributed by atoms with Gasteiger partial charge < -0.3 is 14.6 Å². The monoisotopic (exact) mass is 552 g/mol. The normalized spacial score (nSPS) is 21.1. The topological polar surface area (TPSA) is 88.5 Å². The van der Waals surface area contributed by atoms with Gasteiger partial charge in [-0.05, 0) is 71.7 Å². The van der Waals surface area contributed by atoms with E-state index in [0.717, 1.165) is 0 Å². The van der Waals surface area contributed by atoms with Crippen molar-refractivity contribution in [2.45, 2.75) is 26.0 Å². The molecule has 36 heavy (non-hydrogen) atoms. The van der Waals surface area contributed by atoms with Crippen LogP contribution in [0.2, 0.25) is 0 Å². The molecule has 0 aliphatic carbocycles. The van der Waals surface area contributed by atoms with Crippen molar-refractivity contribution in [1.82, 2.24) is 0 Å². The highest BCUT2D eigenvalue weighted by Crippen LogP contribution is 2.50. The molecule has 2 aliphatic rings. The number of halogens is 1. The van der Waals surface area contributed by atoms with Crippen molar-refractivity contribution in [3.63, 3.8) is 0 Å².